The van der Waals surface area contributed by atoms with E-state index >= 15 is 0 Å². The van der Waals surface area contributed by atoms with Crippen molar-refractivity contribution in [2.75, 3.05) is 0 Å². The molecule has 0 unspecified atom stereocenters. The number of nitrogens with zero attached hydrogens (tertiary/aromatic N) is 1. The summed E-state index contributed by atoms with van der Waals surface area (Å²) in [5.41, 5.74) is 3.02. The zero-order valence-corrected chi connectivity index (χ0v) is 14.9. The topological polar surface area (TPSA) is 33.1 Å². The van der Waals surface area contributed by atoms with E-state index in [0.29, 0.717) is 5.75 Å². The molecule has 0 radical (unpaired) electrons. The fraction of sp³-hybridized carbons (Fsp3) is 0.381. The quantitative estimate of drug-likeness (QED) is 0.541. The van der Waals surface area contributed by atoms with Gasteiger partial charge in [0, 0.05) is 17.1 Å². The maximum Gasteiger partial charge on any atom is 0.129 e. The predicted molar refractivity (Wildman–Crippen MR) is 98.3 cm³/mol. The van der Waals surface area contributed by atoms with E-state index in [-0.39, 0.29) is 10.8 Å². The Hall–Kier alpha value is -2.09. The molecule has 0 saturated heterocycles. The highest BCUT2D eigenvalue weighted by molar-refractivity contribution is 6.09. The molecule has 1 N–H and O–H groups in total. The SMILES string of the molecule is CC(C)(C)c1ccc2cnc3ccc(C(C)(C)C)c(O)c3c2c1. The fourth-order valence-electron chi connectivity index (χ4n) is 3.05. The summed E-state index contributed by atoms with van der Waals surface area (Å²) in [6, 6.07) is 10.5. The molecular weight excluding hydrogens is 282 g/mol. The number of phenols is 1. The Kier molecular flexibility index (Phi) is 3.40. The van der Waals surface area contributed by atoms with Crippen LogP contribution in [0.25, 0.3) is 21.7 Å². The number of rotatable bonds is 0. The third-order valence-corrected chi connectivity index (χ3v) is 4.50. The Labute approximate surface area is 138 Å². The predicted octanol–water partition coefficient (Wildman–Crippen LogP) is 5.69. The molecule has 2 aromatic carbocycles. The second-order valence-electron chi connectivity index (χ2n) is 8.42. The third kappa shape index (κ3) is 2.67. The van der Waals surface area contributed by atoms with E-state index in [1.807, 2.05) is 18.3 Å². The van der Waals surface area contributed by atoms with Gasteiger partial charge < -0.3 is 5.11 Å². The zero-order valence-electron chi connectivity index (χ0n) is 14.9. The van der Waals surface area contributed by atoms with Crippen LogP contribution < -0.4 is 0 Å². The summed E-state index contributed by atoms with van der Waals surface area (Å²) >= 11 is 0. The minimum absolute atomic E-state index is 0.0705. The Morgan fingerprint density at radius 3 is 2.17 bits per heavy atom. The summed E-state index contributed by atoms with van der Waals surface area (Å²) in [6.45, 7) is 13.0. The highest BCUT2D eigenvalue weighted by atomic mass is 16.3. The number of aromatic nitrogens is 1. The molecule has 0 aliphatic heterocycles. The van der Waals surface area contributed by atoms with Crippen LogP contribution in [0.2, 0.25) is 0 Å². The van der Waals surface area contributed by atoms with Gasteiger partial charge in [-0.15, -0.1) is 0 Å². The fourth-order valence-corrected chi connectivity index (χ4v) is 3.05. The lowest BCUT2D eigenvalue weighted by molar-refractivity contribution is 0.453. The van der Waals surface area contributed by atoms with E-state index in [4.69, 9.17) is 0 Å². The van der Waals surface area contributed by atoms with Gasteiger partial charge in [-0.05, 0) is 33.9 Å². The maximum absolute atomic E-state index is 10.9. The zero-order chi connectivity index (χ0) is 17.0. The molecule has 0 saturated carbocycles. The number of hydrogen-bond donors (Lipinski definition) is 1. The van der Waals surface area contributed by atoms with Crippen LogP contribution in [-0.4, -0.2) is 10.1 Å². The first kappa shape index (κ1) is 15.8. The van der Waals surface area contributed by atoms with Gasteiger partial charge in [0.2, 0.25) is 0 Å². The van der Waals surface area contributed by atoms with Crippen LogP contribution in [-0.2, 0) is 10.8 Å². The van der Waals surface area contributed by atoms with Gasteiger partial charge in [0.05, 0.1) is 10.9 Å². The van der Waals surface area contributed by atoms with E-state index in [2.05, 4.69) is 64.7 Å². The van der Waals surface area contributed by atoms with Crippen LogP contribution in [0.1, 0.15) is 52.7 Å². The molecule has 3 aromatic rings. The molecule has 3 rings (SSSR count). The highest BCUT2D eigenvalue weighted by Crippen LogP contribution is 2.39. The van der Waals surface area contributed by atoms with Crippen LogP contribution in [0.5, 0.6) is 5.75 Å². The van der Waals surface area contributed by atoms with E-state index < -0.39 is 0 Å². The lowest BCUT2D eigenvalue weighted by Gasteiger charge is -2.23. The molecule has 2 heteroatoms. The van der Waals surface area contributed by atoms with Crippen molar-refractivity contribution in [3.63, 3.8) is 0 Å². The van der Waals surface area contributed by atoms with Crippen molar-refractivity contribution in [2.24, 2.45) is 0 Å². The molecule has 0 bridgehead atoms. The van der Waals surface area contributed by atoms with Gasteiger partial charge in [-0.2, -0.15) is 0 Å². The van der Waals surface area contributed by atoms with E-state index in [0.717, 1.165) is 27.2 Å². The van der Waals surface area contributed by atoms with Crippen LogP contribution in [0.4, 0.5) is 0 Å². The van der Waals surface area contributed by atoms with E-state index in [1.165, 1.54) is 5.56 Å². The second kappa shape index (κ2) is 4.95. The molecule has 0 fully saturated rings. The minimum atomic E-state index is -0.109. The van der Waals surface area contributed by atoms with Gasteiger partial charge in [0.25, 0.3) is 0 Å². The van der Waals surface area contributed by atoms with Gasteiger partial charge in [0.15, 0.2) is 0 Å². The molecule has 23 heavy (non-hydrogen) atoms. The lowest BCUT2D eigenvalue weighted by atomic mass is 9.83. The van der Waals surface area contributed by atoms with Crippen LogP contribution >= 0.6 is 0 Å². The monoisotopic (exact) mass is 307 g/mol. The van der Waals surface area contributed by atoms with E-state index in [1.54, 1.807) is 0 Å². The summed E-state index contributed by atoms with van der Waals surface area (Å²) in [5.74, 6) is 0.360. The number of benzene rings is 2. The molecule has 0 spiro atoms. The summed E-state index contributed by atoms with van der Waals surface area (Å²) in [6.07, 6.45) is 1.89. The molecule has 0 atom stereocenters. The van der Waals surface area contributed by atoms with Crippen molar-refractivity contribution in [2.45, 2.75) is 52.4 Å². The molecule has 0 aliphatic carbocycles. The number of aromatic hydroxyl groups is 1. The van der Waals surface area contributed by atoms with Crippen molar-refractivity contribution in [3.05, 3.63) is 47.7 Å². The van der Waals surface area contributed by atoms with Crippen molar-refractivity contribution in [1.82, 2.24) is 4.98 Å². The average Bonchev–Trinajstić information content (AvgIpc) is 2.44. The first-order valence-corrected chi connectivity index (χ1v) is 8.14. The molecule has 0 amide bonds. The largest absolute Gasteiger partial charge is 0.507 e. The summed E-state index contributed by atoms with van der Waals surface area (Å²) in [5, 5.41) is 13.9. The van der Waals surface area contributed by atoms with Crippen molar-refractivity contribution in [1.29, 1.82) is 0 Å². The van der Waals surface area contributed by atoms with Crippen molar-refractivity contribution in [3.8, 4) is 5.75 Å². The normalized spacial score (nSPS) is 13.0. The molecule has 0 aliphatic rings. The summed E-state index contributed by atoms with van der Waals surface area (Å²) in [4.78, 5) is 4.53. The van der Waals surface area contributed by atoms with Gasteiger partial charge in [-0.25, -0.2) is 0 Å². The number of hydrogen-bond acceptors (Lipinski definition) is 2. The van der Waals surface area contributed by atoms with Gasteiger partial charge >= 0.3 is 0 Å². The Morgan fingerprint density at radius 1 is 0.870 bits per heavy atom. The lowest BCUT2D eigenvalue weighted by Crippen LogP contribution is -2.12. The van der Waals surface area contributed by atoms with Crippen LogP contribution in [0, 0.1) is 0 Å². The first-order chi connectivity index (χ1) is 10.6. The molecule has 2 nitrogen and oxygen atoms in total. The average molecular weight is 307 g/mol. The summed E-state index contributed by atoms with van der Waals surface area (Å²) in [7, 11) is 0. The number of fused-ring (bicyclic) bond motifs is 3. The van der Waals surface area contributed by atoms with Gasteiger partial charge in [-0.3, -0.25) is 4.98 Å². The Bertz CT molecular complexity index is 895. The number of phenolic OH excluding ortho intramolecular Hbond substituents is 1. The van der Waals surface area contributed by atoms with Gasteiger partial charge in [-0.1, -0.05) is 59.7 Å². The van der Waals surface area contributed by atoms with Crippen LogP contribution in [0.15, 0.2) is 36.5 Å². The smallest absolute Gasteiger partial charge is 0.129 e. The number of pyridine rings is 1. The Balaban J connectivity index is 2.45. The standard InChI is InChI=1S/C21H25NO/c1-20(2,3)14-8-7-13-12-22-17-10-9-16(21(4,5)6)19(23)18(17)15(13)11-14/h7-12,23H,1-6H3. The third-order valence-electron chi connectivity index (χ3n) is 4.50. The van der Waals surface area contributed by atoms with Crippen molar-refractivity contribution < 1.29 is 5.11 Å². The molecular formula is C21H25NO. The second-order valence-corrected chi connectivity index (χ2v) is 8.42. The highest BCUT2D eigenvalue weighted by Gasteiger charge is 2.21. The van der Waals surface area contributed by atoms with Crippen LogP contribution in [0.3, 0.4) is 0 Å². The summed E-state index contributed by atoms with van der Waals surface area (Å²) < 4.78 is 0. The molecule has 1 heterocycles. The van der Waals surface area contributed by atoms with Crippen molar-refractivity contribution >= 4 is 21.7 Å². The van der Waals surface area contributed by atoms with E-state index in [9.17, 15) is 5.11 Å². The molecule has 120 valence electrons. The minimum Gasteiger partial charge on any atom is -0.507 e. The first-order valence-electron chi connectivity index (χ1n) is 8.14. The van der Waals surface area contributed by atoms with Gasteiger partial charge in [0.1, 0.15) is 5.75 Å². The Morgan fingerprint density at radius 2 is 1.57 bits per heavy atom. The molecule has 1 aromatic heterocycles. The maximum atomic E-state index is 10.9.